The molecule has 1 unspecified atom stereocenters. The fourth-order valence-electron chi connectivity index (χ4n) is 3.14. The number of hydrogen-bond donors (Lipinski definition) is 2. The van der Waals surface area contributed by atoms with Crippen LogP contribution in [0.4, 0.5) is 5.69 Å². The molecule has 3 aromatic rings. The summed E-state index contributed by atoms with van der Waals surface area (Å²) in [5, 5.41) is 5.73. The van der Waals surface area contributed by atoms with Crippen LogP contribution in [-0.4, -0.2) is 21.2 Å². The van der Waals surface area contributed by atoms with E-state index in [1.807, 2.05) is 44.2 Å². The molecule has 0 radical (unpaired) electrons. The van der Waals surface area contributed by atoms with Crippen molar-refractivity contribution in [2.75, 3.05) is 5.32 Å². The van der Waals surface area contributed by atoms with E-state index in [0.29, 0.717) is 5.65 Å². The van der Waals surface area contributed by atoms with Gasteiger partial charge in [-0.3, -0.25) is 18.8 Å². The highest BCUT2D eigenvalue weighted by atomic mass is 16.2. The third-order valence-electron chi connectivity index (χ3n) is 5.07. The Morgan fingerprint density at radius 1 is 1.14 bits per heavy atom. The van der Waals surface area contributed by atoms with Crippen molar-refractivity contribution < 1.29 is 9.59 Å². The molecule has 0 saturated heterocycles. The van der Waals surface area contributed by atoms with E-state index in [4.69, 9.17) is 0 Å². The highest BCUT2D eigenvalue weighted by Crippen LogP contribution is 2.30. The molecule has 1 saturated carbocycles. The number of aromatic nitrogens is 2. The summed E-state index contributed by atoms with van der Waals surface area (Å²) in [6.45, 7) is 3.71. The number of carbonyl (C=O) groups excluding carboxylic acids is 2. The maximum atomic E-state index is 12.7. The smallest absolute Gasteiger partial charge is 0.270 e. The third kappa shape index (κ3) is 4.03. The summed E-state index contributed by atoms with van der Waals surface area (Å²) in [4.78, 5) is 41.4. The molecule has 2 aromatic heterocycles. The minimum Gasteiger partial charge on any atom is -0.345 e. The topological polar surface area (TPSA) is 92.6 Å². The molecular weight excluding hydrogens is 368 g/mol. The van der Waals surface area contributed by atoms with Crippen LogP contribution in [0.1, 0.15) is 47.3 Å². The van der Waals surface area contributed by atoms with E-state index >= 15 is 0 Å². The van der Waals surface area contributed by atoms with E-state index in [1.165, 1.54) is 10.6 Å². The molecule has 29 heavy (non-hydrogen) atoms. The number of nitrogens with zero attached hydrogens (tertiary/aromatic N) is 2. The summed E-state index contributed by atoms with van der Waals surface area (Å²) in [7, 11) is 0. The minimum atomic E-state index is -0.475. The van der Waals surface area contributed by atoms with Crippen LogP contribution >= 0.6 is 0 Å². The van der Waals surface area contributed by atoms with Crippen molar-refractivity contribution in [3.63, 3.8) is 0 Å². The van der Waals surface area contributed by atoms with Crippen LogP contribution in [0.15, 0.2) is 53.6 Å². The fraction of sp³-hybridized carbons (Fsp3) is 0.273. The molecule has 1 aliphatic carbocycles. The van der Waals surface area contributed by atoms with Crippen LogP contribution in [0.25, 0.3) is 5.65 Å². The summed E-state index contributed by atoms with van der Waals surface area (Å²) < 4.78 is 1.38. The van der Waals surface area contributed by atoms with Crippen LogP contribution in [0, 0.1) is 12.8 Å². The van der Waals surface area contributed by atoms with Gasteiger partial charge in [-0.15, -0.1) is 0 Å². The van der Waals surface area contributed by atoms with Crippen LogP contribution in [0.3, 0.4) is 0 Å². The second-order valence-corrected chi connectivity index (χ2v) is 7.49. The van der Waals surface area contributed by atoms with E-state index < -0.39 is 11.5 Å². The van der Waals surface area contributed by atoms with E-state index in [2.05, 4.69) is 15.6 Å². The van der Waals surface area contributed by atoms with Gasteiger partial charge in [0.15, 0.2) is 0 Å². The van der Waals surface area contributed by atoms with Gasteiger partial charge >= 0.3 is 0 Å². The number of anilines is 1. The molecular formula is C22H22N4O3. The lowest BCUT2D eigenvalue weighted by atomic mass is 10.1. The quantitative estimate of drug-likeness (QED) is 0.701. The first-order chi connectivity index (χ1) is 13.9. The Labute approximate surface area is 167 Å². The normalized spacial score (nSPS) is 14.4. The molecule has 7 heteroatoms. The first kappa shape index (κ1) is 18.9. The van der Waals surface area contributed by atoms with Crippen molar-refractivity contribution in [3.8, 4) is 0 Å². The second-order valence-electron chi connectivity index (χ2n) is 7.49. The molecule has 2 heterocycles. The summed E-state index contributed by atoms with van der Waals surface area (Å²) in [5.41, 5.74) is 2.59. The molecule has 0 bridgehead atoms. The predicted octanol–water partition coefficient (Wildman–Crippen LogP) is 2.84. The van der Waals surface area contributed by atoms with Crippen molar-refractivity contribution >= 4 is 23.1 Å². The zero-order valence-electron chi connectivity index (χ0n) is 16.3. The standard InChI is InChI=1S/C22H22N4O3/c1-13-3-10-19-23-11-18(22(29)26(19)12-13)21(28)24-14(2)15-6-8-17(9-7-15)25-20(27)16-4-5-16/h3,6-12,14,16H,4-5H2,1-2H3,(H,24,28)(H,25,27). The predicted molar refractivity (Wildman–Crippen MR) is 110 cm³/mol. The lowest BCUT2D eigenvalue weighted by Crippen LogP contribution is -2.33. The minimum absolute atomic E-state index is 0.00623. The number of fused-ring (bicyclic) bond motifs is 1. The van der Waals surface area contributed by atoms with Crippen molar-refractivity contribution in [2.45, 2.75) is 32.7 Å². The Hall–Kier alpha value is -3.48. The Balaban J connectivity index is 1.48. The number of hydrogen-bond acceptors (Lipinski definition) is 4. The van der Waals surface area contributed by atoms with Crippen LogP contribution < -0.4 is 16.2 Å². The third-order valence-corrected chi connectivity index (χ3v) is 5.07. The molecule has 1 fully saturated rings. The van der Waals surface area contributed by atoms with Crippen LogP contribution in [-0.2, 0) is 4.79 Å². The van der Waals surface area contributed by atoms with Crippen LogP contribution in [0.2, 0.25) is 0 Å². The van der Waals surface area contributed by atoms with Gasteiger partial charge < -0.3 is 10.6 Å². The summed E-state index contributed by atoms with van der Waals surface area (Å²) >= 11 is 0. The molecule has 1 aliphatic rings. The van der Waals surface area contributed by atoms with Gasteiger partial charge in [-0.2, -0.15) is 0 Å². The van der Waals surface area contributed by atoms with Gasteiger partial charge in [0.25, 0.3) is 11.5 Å². The van der Waals surface area contributed by atoms with Crippen LogP contribution in [0.5, 0.6) is 0 Å². The molecule has 0 aliphatic heterocycles. The van der Waals surface area contributed by atoms with Crippen molar-refractivity contribution in [3.05, 3.63) is 75.8 Å². The Morgan fingerprint density at radius 3 is 2.55 bits per heavy atom. The first-order valence-electron chi connectivity index (χ1n) is 9.62. The number of benzene rings is 1. The average molecular weight is 390 g/mol. The van der Waals surface area contributed by atoms with Gasteiger partial charge in [-0.05, 0) is 56.0 Å². The molecule has 4 rings (SSSR count). The number of rotatable bonds is 5. The number of pyridine rings is 1. The highest BCUT2D eigenvalue weighted by Gasteiger charge is 2.29. The summed E-state index contributed by atoms with van der Waals surface area (Å²) in [5.74, 6) is -0.276. The van der Waals surface area contributed by atoms with Gasteiger partial charge in [0, 0.05) is 24.0 Å². The first-order valence-corrected chi connectivity index (χ1v) is 9.62. The molecule has 0 spiro atoms. The Kier molecular flexibility index (Phi) is 4.88. The SMILES string of the molecule is Cc1ccc2ncc(C(=O)NC(C)c3ccc(NC(=O)C4CC4)cc3)c(=O)n2c1. The fourth-order valence-corrected chi connectivity index (χ4v) is 3.14. The van der Waals surface area contributed by atoms with E-state index in [1.54, 1.807) is 12.3 Å². The largest absolute Gasteiger partial charge is 0.345 e. The van der Waals surface area contributed by atoms with E-state index in [9.17, 15) is 14.4 Å². The molecule has 148 valence electrons. The van der Waals surface area contributed by atoms with Gasteiger partial charge in [0.1, 0.15) is 11.2 Å². The zero-order valence-corrected chi connectivity index (χ0v) is 16.3. The van der Waals surface area contributed by atoms with Gasteiger partial charge in [0.05, 0.1) is 6.04 Å². The highest BCUT2D eigenvalue weighted by molar-refractivity contribution is 5.94. The lowest BCUT2D eigenvalue weighted by molar-refractivity contribution is -0.117. The molecule has 1 atom stereocenters. The maximum Gasteiger partial charge on any atom is 0.270 e. The Morgan fingerprint density at radius 2 is 1.86 bits per heavy atom. The molecule has 7 nitrogen and oxygen atoms in total. The van der Waals surface area contributed by atoms with E-state index in [0.717, 1.165) is 29.7 Å². The molecule has 2 N–H and O–H groups in total. The van der Waals surface area contributed by atoms with Gasteiger partial charge in [-0.1, -0.05) is 18.2 Å². The van der Waals surface area contributed by atoms with Gasteiger partial charge in [-0.25, -0.2) is 4.98 Å². The van der Waals surface area contributed by atoms with E-state index in [-0.39, 0.29) is 23.4 Å². The zero-order chi connectivity index (χ0) is 20.5. The lowest BCUT2D eigenvalue weighted by Gasteiger charge is -2.15. The number of amides is 2. The van der Waals surface area contributed by atoms with Crippen molar-refractivity contribution in [2.24, 2.45) is 5.92 Å². The monoisotopic (exact) mass is 390 g/mol. The Bertz CT molecular complexity index is 1150. The molecule has 1 aromatic carbocycles. The average Bonchev–Trinajstić information content (AvgIpc) is 3.54. The number of nitrogens with one attached hydrogen (secondary N) is 2. The van der Waals surface area contributed by atoms with Crippen molar-refractivity contribution in [1.29, 1.82) is 0 Å². The number of aryl methyl sites for hydroxylation is 1. The van der Waals surface area contributed by atoms with Crippen molar-refractivity contribution in [1.82, 2.24) is 14.7 Å². The summed E-state index contributed by atoms with van der Waals surface area (Å²) in [6.07, 6.45) is 4.89. The molecule has 2 amide bonds. The maximum absolute atomic E-state index is 12.7. The summed E-state index contributed by atoms with van der Waals surface area (Å²) in [6, 6.07) is 10.6. The second kappa shape index (κ2) is 7.50. The van der Waals surface area contributed by atoms with Gasteiger partial charge in [0.2, 0.25) is 5.91 Å². The number of carbonyl (C=O) groups is 2.